The Labute approximate surface area is 99.8 Å². The summed E-state index contributed by atoms with van der Waals surface area (Å²) >= 11 is 0. The lowest BCUT2D eigenvalue weighted by Crippen LogP contribution is -2.41. The number of nitro groups is 1. The second-order valence-electron chi connectivity index (χ2n) is 4.28. The molecule has 1 saturated carbocycles. The van der Waals surface area contributed by atoms with Gasteiger partial charge in [-0.25, -0.2) is 0 Å². The van der Waals surface area contributed by atoms with Gasteiger partial charge in [0, 0.05) is 30.4 Å². The molecule has 1 N–H and O–H groups in total. The lowest BCUT2D eigenvalue weighted by Gasteiger charge is -2.38. The monoisotopic (exact) mass is 236 g/mol. The summed E-state index contributed by atoms with van der Waals surface area (Å²) in [4.78, 5) is 12.4. The molecule has 5 heteroatoms. The topological polar surface area (TPSA) is 66.6 Å². The number of hydrogen-bond donors (Lipinski definition) is 1. The number of non-ortho nitro benzene ring substituents is 1. The fourth-order valence-corrected chi connectivity index (χ4v) is 2.11. The predicted octanol–water partition coefficient (Wildman–Crippen LogP) is 1.95. The van der Waals surface area contributed by atoms with Crippen molar-refractivity contribution in [3.63, 3.8) is 0 Å². The summed E-state index contributed by atoms with van der Waals surface area (Å²) < 4.78 is 0. The Morgan fingerprint density at radius 3 is 2.76 bits per heavy atom. The molecule has 0 aromatic heterocycles. The smallest absolute Gasteiger partial charge is 0.271 e. The first-order valence-electron chi connectivity index (χ1n) is 5.84. The van der Waals surface area contributed by atoms with Gasteiger partial charge in [0.25, 0.3) is 5.69 Å². The molecule has 5 nitrogen and oxygen atoms in total. The molecule has 0 spiro atoms. The molecule has 1 aliphatic rings. The van der Waals surface area contributed by atoms with Gasteiger partial charge >= 0.3 is 0 Å². The maximum Gasteiger partial charge on any atom is 0.271 e. The molecule has 0 saturated heterocycles. The van der Waals surface area contributed by atoms with Crippen LogP contribution >= 0.6 is 0 Å². The van der Waals surface area contributed by atoms with Crippen molar-refractivity contribution in [2.75, 3.05) is 18.1 Å². The van der Waals surface area contributed by atoms with Crippen LogP contribution in [-0.2, 0) is 0 Å². The van der Waals surface area contributed by atoms with Crippen LogP contribution in [0.25, 0.3) is 0 Å². The van der Waals surface area contributed by atoms with E-state index in [9.17, 15) is 10.1 Å². The van der Waals surface area contributed by atoms with Crippen molar-refractivity contribution in [1.29, 1.82) is 0 Å². The van der Waals surface area contributed by atoms with E-state index in [1.807, 2.05) is 6.07 Å². The fourth-order valence-electron chi connectivity index (χ4n) is 2.11. The van der Waals surface area contributed by atoms with E-state index in [1.54, 1.807) is 12.1 Å². The molecule has 0 amide bonds. The van der Waals surface area contributed by atoms with Crippen molar-refractivity contribution in [3.05, 3.63) is 34.4 Å². The van der Waals surface area contributed by atoms with E-state index in [1.165, 1.54) is 12.5 Å². The summed E-state index contributed by atoms with van der Waals surface area (Å²) in [5.41, 5.74) is 0.933. The molecule has 92 valence electrons. The number of benzene rings is 1. The number of rotatable bonds is 5. The van der Waals surface area contributed by atoms with Crippen LogP contribution in [0.4, 0.5) is 11.4 Å². The average molecular weight is 236 g/mol. The molecule has 17 heavy (non-hydrogen) atoms. The van der Waals surface area contributed by atoms with Crippen molar-refractivity contribution >= 4 is 11.4 Å². The maximum absolute atomic E-state index is 10.7. The number of aliphatic hydroxyl groups is 1. The largest absolute Gasteiger partial charge is 0.395 e. The van der Waals surface area contributed by atoms with Crippen LogP contribution in [0.3, 0.4) is 0 Å². The molecule has 1 fully saturated rings. The van der Waals surface area contributed by atoms with E-state index in [-0.39, 0.29) is 17.2 Å². The van der Waals surface area contributed by atoms with Crippen molar-refractivity contribution in [1.82, 2.24) is 0 Å². The molecule has 1 aromatic rings. The Balaban J connectivity index is 2.22. The van der Waals surface area contributed by atoms with Crippen LogP contribution in [0.5, 0.6) is 0 Å². The van der Waals surface area contributed by atoms with E-state index >= 15 is 0 Å². The van der Waals surface area contributed by atoms with Crippen molar-refractivity contribution in [3.8, 4) is 0 Å². The van der Waals surface area contributed by atoms with Crippen LogP contribution in [-0.4, -0.2) is 29.2 Å². The Morgan fingerprint density at radius 2 is 2.24 bits per heavy atom. The number of hydrogen-bond acceptors (Lipinski definition) is 4. The first-order valence-corrected chi connectivity index (χ1v) is 5.84. The summed E-state index contributed by atoms with van der Waals surface area (Å²) in [5.74, 6) is 0. The lowest BCUT2D eigenvalue weighted by atomic mass is 9.91. The van der Waals surface area contributed by atoms with Gasteiger partial charge in [0.15, 0.2) is 0 Å². The fraction of sp³-hybridized carbons (Fsp3) is 0.500. The minimum absolute atomic E-state index is 0.0686. The number of aliphatic hydroxyl groups excluding tert-OH is 1. The van der Waals surface area contributed by atoms with Crippen LogP contribution in [0, 0.1) is 10.1 Å². The second kappa shape index (κ2) is 5.14. The minimum Gasteiger partial charge on any atom is -0.395 e. The van der Waals surface area contributed by atoms with Crippen LogP contribution in [0.2, 0.25) is 0 Å². The molecule has 2 rings (SSSR count). The van der Waals surface area contributed by atoms with Crippen molar-refractivity contribution < 1.29 is 10.0 Å². The summed E-state index contributed by atoms with van der Waals surface area (Å²) in [5, 5.41) is 19.8. The standard InChI is InChI=1S/C12H16N2O3/c15-8-7-13(10-3-1-4-10)11-5-2-6-12(9-11)14(16)17/h2,5-6,9-10,15H,1,3-4,7-8H2. The van der Waals surface area contributed by atoms with Gasteiger partial charge in [-0.2, -0.15) is 0 Å². The minimum atomic E-state index is -0.388. The van der Waals surface area contributed by atoms with Gasteiger partial charge in [0.05, 0.1) is 11.5 Å². The third kappa shape index (κ3) is 2.55. The average Bonchev–Trinajstić information content (AvgIpc) is 2.26. The summed E-state index contributed by atoms with van der Waals surface area (Å²) in [7, 11) is 0. The molecule has 0 aliphatic heterocycles. The van der Waals surface area contributed by atoms with E-state index in [2.05, 4.69) is 4.90 Å². The highest BCUT2D eigenvalue weighted by molar-refractivity contribution is 5.54. The van der Waals surface area contributed by atoms with Gasteiger partial charge in [0.1, 0.15) is 0 Å². The summed E-state index contributed by atoms with van der Waals surface area (Å²) in [6.07, 6.45) is 3.40. The highest BCUT2D eigenvalue weighted by atomic mass is 16.6. The predicted molar refractivity (Wildman–Crippen MR) is 65.2 cm³/mol. The highest BCUT2D eigenvalue weighted by Crippen LogP contribution is 2.30. The zero-order valence-corrected chi connectivity index (χ0v) is 9.58. The third-order valence-corrected chi connectivity index (χ3v) is 3.23. The molecule has 0 bridgehead atoms. The molecule has 0 atom stereocenters. The van der Waals surface area contributed by atoms with E-state index < -0.39 is 0 Å². The lowest BCUT2D eigenvalue weighted by molar-refractivity contribution is -0.384. The Kier molecular flexibility index (Phi) is 3.58. The Morgan fingerprint density at radius 1 is 1.47 bits per heavy atom. The van der Waals surface area contributed by atoms with Crippen LogP contribution < -0.4 is 4.90 Å². The normalized spacial score (nSPS) is 15.4. The molecular weight excluding hydrogens is 220 g/mol. The summed E-state index contributed by atoms with van der Waals surface area (Å²) in [6.45, 7) is 0.602. The Bertz CT molecular complexity index is 404. The summed E-state index contributed by atoms with van der Waals surface area (Å²) in [6, 6.07) is 7.04. The van der Waals surface area contributed by atoms with Crippen molar-refractivity contribution in [2.45, 2.75) is 25.3 Å². The number of nitro benzene ring substituents is 1. The zero-order chi connectivity index (χ0) is 12.3. The molecule has 0 radical (unpaired) electrons. The van der Waals surface area contributed by atoms with Gasteiger partial charge in [0.2, 0.25) is 0 Å². The van der Waals surface area contributed by atoms with Gasteiger partial charge in [-0.1, -0.05) is 6.07 Å². The van der Waals surface area contributed by atoms with E-state index in [4.69, 9.17) is 5.11 Å². The van der Waals surface area contributed by atoms with Gasteiger partial charge in [-0.15, -0.1) is 0 Å². The number of nitrogens with zero attached hydrogens (tertiary/aromatic N) is 2. The molecule has 0 unspecified atom stereocenters. The van der Waals surface area contributed by atoms with Gasteiger partial charge in [-0.05, 0) is 25.3 Å². The number of anilines is 1. The zero-order valence-electron chi connectivity index (χ0n) is 9.58. The van der Waals surface area contributed by atoms with Crippen LogP contribution in [0.1, 0.15) is 19.3 Å². The second-order valence-corrected chi connectivity index (χ2v) is 4.28. The molecular formula is C12H16N2O3. The first-order chi connectivity index (χ1) is 8.22. The van der Waals surface area contributed by atoms with Crippen LogP contribution in [0.15, 0.2) is 24.3 Å². The maximum atomic E-state index is 10.7. The van der Waals surface area contributed by atoms with Gasteiger partial charge < -0.3 is 10.0 Å². The molecule has 0 heterocycles. The molecule has 1 aliphatic carbocycles. The van der Waals surface area contributed by atoms with Crippen molar-refractivity contribution in [2.24, 2.45) is 0 Å². The highest BCUT2D eigenvalue weighted by Gasteiger charge is 2.25. The van der Waals surface area contributed by atoms with E-state index in [0.717, 1.165) is 18.5 Å². The quantitative estimate of drug-likeness (QED) is 0.626. The SMILES string of the molecule is O=[N+]([O-])c1cccc(N(CCO)C2CCC2)c1. The van der Waals surface area contributed by atoms with Gasteiger partial charge in [-0.3, -0.25) is 10.1 Å². The molecule has 1 aromatic carbocycles. The van der Waals surface area contributed by atoms with E-state index in [0.29, 0.717) is 12.6 Å². The third-order valence-electron chi connectivity index (χ3n) is 3.23. The first kappa shape index (κ1) is 11.9. The Hall–Kier alpha value is -1.62.